The molecule has 1 fully saturated rings. The van der Waals surface area contributed by atoms with Crippen LogP contribution >= 0.6 is 23.1 Å². The van der Waals surface area contributed by atoms with E-state index in [1.165, 1.54) is 22.7 Å². The van der Waals surface area contributed by atoms with Crippen molar-refractivity contribution in [3.05, 3.63) is 106 Å². The maximum Gasteiger partial charge on any atom is 0.301 e. The highest BCUT2D eigenvalue weighted by atomic mass is 32.2. The fraction of sp³-hybridized carbons (Fsp3) is 0.250. The van der Waals surface area contributed by atoms with Gasteiger partial charge in [-0.2, -0.15) is 0 Å². The minimum atomic E-state index is -0.910. The van der Waals surface area contributed by atoms with E-state index >= 15 is 0 Å². The van der Waals surface area contributed by atoms with Gasteiger partial charge in [0.05, 0.1) is 11.6 Å². The Hall–Kier alpha value is -4.02. The number of Topliss-reactive ketones (excluding diaryl/α,β-unsaturated/α-hetero) is 1. The minimum Gasteiger partial charge on any atom is -0.507 e. The van der Waals surface area contributed by atoms with Gasteiger partial charge in [0.15, 0.2) is 4.34 Å². The Morgan fingerprint density at radius 1 is 1.12 bits per heavy atom. The summed E-state index contributed by atoms with van der Waals surface area (Å²) in [6.45, 7) is 6.14. The lowest BCUT2D eigenvalue weighted by molar-refractivity contribution is -0.132. The Kier molecular flexibility index (Phi) is 7.59. The monoisotopic (exact) mass is 601 g/mol. The lowest BCUT2D eigenvalue weighted by Crippen LogP contribution is -2.29. The number of ether oxygens (including phenoxy) is 1. The number of hydrogen-bond acceptors (Lipinski definition) is 8. The first kappa shape index (κ1) is 28.1. The van der Waals surface area contributed by atoms with Crippen molar-refractivity contribution in [3.63, 3.8) is 0 Å². The van der Waals surface area contributed by atoms with Gasteiger partial charge in [-0.1, -0.05) is 79.4 Å². The van der Waals surface area contributed by atoms with Crippen LogP contribution in [0.25, 0.3) is 5.76 Å². The standard InChI is InChI=1S/C32H28FN3O4S2/c1-17(2)19-8-10-20(11-9-19)27-26(28(37)21-12-13-25-23(15-21)14-18(3)40-25)29(38)30(39)36(27)31-34-35-32(42-31)41-16-22-6-4-5-7-24(22)33/h4-13,15,17-18,27,37H,14,16H2,1-3H3/b28-26-. The van der Waals surface area contributed by atoms with Crippen LogP contribution in [0, 0.1) is 5.82 Å². The quantitative estimate of drug-likeness (QED) is 0.0798. The van der Waals surface area contributed by atoms with E-state index in [9.17, 15) is 19.1 Å². The Bertz CT molecular complexity index is 1720. The van der Waals surface area contributed by atoms with Gasteiger partial charge in [-0.05, 0) is 59.4 Å². The van der Waals surface area contributed by atoms with Gasteiger partial charge in [0, 0.05) is 17.7 Å². The molecular weight excluding hydrogens is 574 g/mol. The van der Waals surface area contributed by atoms with E-state index in [0.29, 0.717) is 39.1 Å². The number of carbonyl (C=O) groups excluding carboxylic acids is 2. The summed E-state index contributed by atoms with van der Waals surface area (Å²) >= 11 is 2.44. The maximum atomic E-state index is 14.1. The fourth-order valence-electron chi connectivity index (χ4n) is 5.25. The van der Waals surface area contributed by atoms with Crippen LogP contribution in [0.2, 0.25) is 0 Å². The molecule has 4 aromatic rings. The molecule has 214 valence electrons. The Balaban J connectivity index is 1.40. The zero-order valence-electron chi connectivity index (χ0n) is 23.2. The summed E-state index contributed by atoms with van der Waals surface area (Å²) in [5, 5.41) is 20.2. The molecule has 42 heavy (non-hydrogen) atoms. The predicted molar refractivity (Wildman–Crippen MR) is 161 cm³/mol. The van der Waals surface area contributed by atoms with Crippen LogP contribution < -0.4 is 9.64 Å². The lowest BCUT2D eigenvalue weighted by Gasteiger charge is -2.23. The number of hydrogen-bond donors (Lipinski definition) is 1. The van der Waals surface area contributed by atoms with Gasteiger partial charge < -0.3 is 9.84 Å². The second kappa shape index (κ2) is 11.3. The van der Waals surface area contributed by atoms with Crippen LogP contribution in [0.4, 0.5) is 9.52 Å². The molecule has 7 nitrogen and oxygen atoms in total. The number of aliphatic hydroxyl groups excluding tert-OH is 1. The van der Waals surface area contributed by atoms with Crippen molar-refractivity contribution in [2.24, 2.45) is 0 Å². The smallest absolute Gasteiger partial charge is 0.301 e. The number of benzene rings is 3. The molecule has 1 amide bonds. The van der Waals surface area contributed by atoms with Crippen LogP contribution in [0.3, 0.4) is 0 Å². The molecule has 2 aliphatic rings. The molecule has 1 aromatic heterocycles. The van der Waals surface area contributed by atoms with Gasteiger partial charge in [0.25, 0.3) is 5.78 Å². The molecule has 0 radical (unpaired) electrons. The van der Waals surface area contributed by atoms with Crippen molar-refractivity contribution in [2.45, 2.75) is 55.3 Å². The van der Waals surface area contributed by atoms with E-state index in [-0.39, 0.29) is 28.4 Å². The average Bonchev–Trinajstić information content (AvgIpc) is 3.67. The first-order chi connectivity index (χ1) is 20.2. The molecule has 1 N–H and O–H groups in total. The molecule has 6 rings (SSSR count). The minimum absolute atomic E-state index is 0.0139. The molecule has 2 aliphatic heterocycles. The second-order valence-corrected chi connectivity index (χ2v) is 12.9. The summed E-state index contributed by atoms with van der Waals surface area (Å²) < 4.78 is 20.5. The van der Waals surface area contributed by atoms with Gasteiger partial charge in [0.2, 0.25) is 5.13 Å². The van der Waals surface area contributed by atoms with Crippen molar-refractivity contribution in [1.29, 1.82) is 0 Å². The van der Waals surface area contributed by atoms with E-state index < -0.39 is 17.7 Å². The van der Waals surface area contributed by atoms with Crippen molar-refractivity contribution in [2.75, 3.05) is 4.90 Å². The van der Waals surface area contributed by atoms with E-state index in [2.05, 4.69) is 24.0 Å². The van der Waals surface area contributed by atoms with E-state index in [1.54, 1.807) is 30.3 Å². The summed E-state index contributed by atoms with van der Waals surface area (Å²) in [5.74, 6) is -0.789. The normalized spacial score (nSPS) is 19.4. The topological polar surface area (TPSA) is 92.6 Å². The Morgan fingerprint density at radius 3 is 2.62 bits per heavy atom. The van der Waals surface area contributed by atoms with Crippen LogP contribution in [-0.4, -0.2) is 33.1 Å². The van der Waals surface area contributed by atoms with Crippen molar-refractivity contribution >= 4 is 45.7 Å². The van der Waals surface area contributed by atoms with Crippen molar-refractivity contribution in [3.8, 4) is 5.75 Å². The number of anilines is 1. The number of fused-ring (bicyclic) bond motifs is 1. The number of halogens is 1. The zero-order valence-corrected chi connectivity index (χ0v) is 24.8. The van der Waals surface area contributed by atoms with E-state index in [1.807, 2.05) is 37.3 Å². The number of nitrogens with zero attached hydrogens (tertiary/aromatic N) is 3. The highest BCUT2D eigenvalue weighted by molar-refractivity contribution is 8.00. The molecule has 0 spiro atoms. The maximum absolute atomic E-state index is 14.1. The van der Waals surface area contributed by atoms with Crippen LogP contribution in [-0.2, 0) is 21.8 Å². The predicted octanol–water partition coefficient (Wildman–Crippen LogP) is 7.04. The summed E-state index contributed by atoms with van der Waals surface area (Å²) in [4.78, 5) is 28.5. The van der Waals surface area contributed by atoms with Crippen LogP contribution in [0.15, 0.2) is 76.6 Å². The zero-order chi connectivity index (χ0) is 29.5. The number of aromatic nitrogens is 2. The number of aliphatic hydroxyl groups is 1. The van der Waals surface area contributed by atoms with E-state index in [0.717, 1.165) is 28.2 Å². The van der Waals surface area contributed by atoms with Gasteiger partial charge in [-0.25, -0.2) is 4.39 Å². The van der Waals surface area contributed by atoms with Crippen LogP contribution in [0.5, 0.6) is 5.75 Å². The van der Waals surface area contributed by atoms with Crippen LogP contribution in [0.1, 0.15) is 60.5 Å². The molecular formula is C32H28FN3O4S2. The number of amides is 1. The Labute approximate surface area is 251 Å². The van der Waals surface area contributed by atoms with Gasteiger partial charge in [-0.3, -0.25) is 14.5 Å². The molecule has 0 aliphatic carbocycles. The number of ketones is 1. The Morgan fingerprint density at radius 2 is 1.88 bits per heavy atom. The number of rotatable bonds is 7. The first-order valence-corrected chi connectivity index (χ1v) is 15.4. The molecule has 0 bridgehead atoms. The number of carbonyl (C=O) groups is 2. The summed E-state index contributed by atoms with van der Waals surface area (Å²) in [6, 6.07) is 18.6. The highest BCUT2D eigenvalue weighted by Gasteiger charge is 2.48. The highest BCUT2D eigenvalue weighted by Crippen LogP contribution is 2.45. The van der Waals surface area contributed by atoms with Gasteiger partial charge in [-0.15, -0.1) is 10.2 Å². The molecule has 1 saturated heterocycles. The third-order valence-corrected chi connectivity index (χ3v) is 9.55. The van der Waals surface area contributed by atoms with E-state index in [4.69, 9.17) is 4.74 Å². The van der Waals surface area contributed by atoms with Crippen molar-refractivity contribution < 1.29 is 23.8 Å². The SMILES string of the molecule is CC1Cc2cc(/C(O)=C3/C(=O)C(=O)N(c4nnc(SCc5ccccc5F)s4)C3c3ccc(C(C)C)cc3)ccc2O1. The molecule has 3 aromatic carbocycles. The summed E-state index contributed by atoms with van der Waals surface area (Å²) in [7, 11) is 0. The fourth-order valence-corrected chi connectivity index (χ4v) is 7.10. The third-order valence-electron chi connectivity index (χ3n) is 7.44. The van der Waals surface area contributed by atoms with Crippen molar-refractivity contribution in [1.82, 2.24) is 10.2 Å². The molecule has 2 atom stereocenters. The largest absolute Gasteiger partial charge is 0.507 e. The summed E-state index contributed by atoms with van der Waals surface area (Å²) in [6.07, 6.45) is 0.702. The van der Waals surface area contributed by atoms with Gasteiger partial charge in [0.1, 0.15) is 23.4 Å². The number of thioether (sulfide) groups is 1. The first-order valence-electron chi connectivity index (χ1n) is 13.6. The second-order valence-electron chi connectivity index (χ2n) is 10.7. The molecule has 3 heterocycles. The third kappa shape index (κ3) is 5.20. The molecule has 2 unspecified atom stereocenters. The molecule has 10 heteroatoms. The molecule has 0 saturated carbocycles. The lowest BCUT2D eigenvalue weighted by atomic mass is 9.93. The summed E-state index contributed by atoms with van der Waals surface area (Å²) in [5.41, 5.74) is 3.64. The average molecular weight is 602 g/mol. The van der Waals surface area contributed by atoms with Gasteiger partial charge >= 0.3 is 5.91 Å².